The number of nitrogens with one attached hydrogen (secondary N) is 1. The molecule has 2 aromatic carbocycles. The monoisotopic (exact) mass is 500 g/mol. The Bertz CT molecular complexity index is 1160. The number of halogens is 3. The standard InChI is InChI=1S/C12H9ClN2O.C7H5ClO.C5H5ClN2/c13-11-10(7-4-8-14-11)15-12(16)9-5-2-1-3-6-9;8-7(9)6-4-2-1-3-5-6;6-5-4(7)2-1-3-8-5/h1-8H,(H,15,16);1-5H;1-3H,7H2. The van der Waals surface area contributed by atoms with Crippen LogP contribution >= 0.6 is 34.8 Å². The van der Waals surface area contributed by atoms with Gasteiger partial charge in [-0.05, 0) is 48.0 Å². The van der Waals surface area contributed by atoms with Crippen LogP contribution in [0.3, 0.4) is 0 Å². The Hall–Kier alpha value is -3.45. The second-order valence-electron chi connectivity index (χ2n) is 6.19. The maximum Gasteiger partial charge on any atom is 0.255 e. The van der Waals surface area contributed by atoms with Gasteiger partial charge in [0.2, 0.25) is 0 Å². The quantitative estimate of drug-likeness (QED) is 0.251. The van der Waals surface area contributed by atoms with Gasteiger partial charge in [-0.25, -0.2) is 9.97 Å². The van der Waals surface area contributed by atoms with Crippen LogP contribution in [-0.4, -0.2) is 21.1 Å². The summed E-state index contributed by atoms with van der Waals surface area (Å²) in [6, 6.07) is 24.5. The van der Waals surface area contributed by atoms with Gasteiger partial charge >= 0.3 is 0 Å². The van der Waals surface area contributed by atoms with Gasteiger partial charge in [-0.2, -0.15) is 0 Å². The number of carbonyl (C=O) groups excluding carboxylic acids is 2. The summed E-state index contributed by atoms with van der Waals surface area (Å²) >= 11 is 16.5. The molecule has 0 aliphatic carbocycles. The summed E-state index contributed by atoms with van der Waals surface area (Å²) in [5.41, 5.74) is 7.49. The van der Waals surface area contributed by atoms with Crippen LogP contribution in [0.5, 0.6) is 0 Å². The number of nitrogen functional groups attached to an aromatic ring is 1. The summed E-state index contributed by atoms with van der Waals surface area (Å²) < 4.78 is 0. The average Bonchev–Trinajstić information content (AvgIpc) is 2.84. The zero-order valence-electron chi connectivity index (χ0n) is 17.2. The number of benzene rings is 2. The number of nitrogens with zero attached hydrogens (tertiary/aromatic N) is 2. The Labute approximate surface area is 206 Å². The van der Waals surface area contributed by atoms with Crippen molar-refractivity contribution in [3.8, 4) is 0 Å². The first-order valence-electron chi connectivity index (χ1n) is 9.46. The summed E-state index contributed by atoms with van der Waals surface area (Å²) in [4.78, 5) is 29.8. The Morgan fingerprint density at radius 1 is 0.697 bits per heavy atom. The molecular formula is C24H19Cl3N4O2. The first kappa shape index (κ1) is 25.8. The first-order chi connectivity index (χ1) is 15.9. The zero-order valence-corrected chi connectivity index (χ0v) is 19.4. The maximum absolute atomic E-state index is 11.8. The van der Waals surface area contributed by atoms with Gasteiger partial charge in [0.1, 0.15) is 0 Å². The number of hydrogen-bond acceptors (Lipinski definition) is 5. The van der Waals surface area contributed by atoms with Crippen molar-refractivity contribution in [2.45, 2.75) is 0 Å². The van der Waals surface area contributed by atoms with Gasteiger partial charge < -0.3 is 11.1 Å². The van der Waals surface area contributed by atoms with Crippen molar-refractivity contribution < 1.29 is 9.59 Å². The predicted molar refractivity (Wildman–Crippen MR) is 134 cm³/mol. The molecular weight excluding hydrogens is 483 g/mol. The molecule has 4 rings (SSSR count). The lowest BCUT2D eigenvalue weighted by atomic mass is 10.2. The molecule has 3 N–H and O–H groups in total. The van der Waals surface area contributed by atoms with Gasteiger partial charge in [0, 0.05) is 23.5 Å². The number of nitrogens with two attached hydrogens (primary N) is 1. The SMILES string of the molecule is Nc1cccnc1Cl.O=C(Cl)c1ccccc1.O=C(Nc1cccnc1Cl)c1ccccc1. The zero-order chi connectivity index (χ0) is 24.1. The summed E-state index contributed by atoms with van der Waals surface area (Å²) in [6.07, 6.45) is 3.17. The topological polar surface area (TPSA) is 98.0 Å². The van der Waals surface area contributed by atoms with Crippen molar-refractivity contribution in [1.82, 2.24) is 9.97 Å². The molecule has 168 valence electrons. The minimum Gasteiger partial charge on any atom is -0.396 e. The molecule has 0 atom stereocenters. The summed E-state index contributed by atoms with van der Waals surface area (Å²) in [5.74, 6) is -0.199. The highest BCUT2D eigenvalue weighted by Gasteiger charge is 2.07. The number of aromatic nitrogens is 2. The van der Waals surface area contributed by atoms with Gasteiger partial charge in [0.15, 0.2) is 10.3 Å². The molecule has 0 fully saturated rings. The van der Waals surface area contributed by atoms with Gasteiger partial charge in [0.05, 0.1) is 11.4 Å². The van der Waals surface area contributed by atoms with Crippen molar-refractivity contribution in [3.63, 3.8) is 0 Å². The second-order valence-corrected chi connectivity index (χ2v) is 7.24. The Balaban J connectivity index is 0.000000192. The minimum atomic E-state index is -0.407. The Morgan fingerprint density at radius 3 is 1.64 bits per heavy atom. The van der Waals surface area contributed by atoms with E-state index in [0.717, 1.165) is 0 Å². The third-order valence-electron chi connectivity index (χ3n) is 3.83. The number of anilines is 2. The third-order valence-corrected chi connectivity index (χ3v) is 4.67. The van der Waals surface area contributed by atoms with Gasteiger partial charge in [-0.1, -0.05) is 71.7 Å². The average molecular weight is 502 g/mol. The van der Waals surface area contributed by atoms with E-state index in [1.807, 2.05) is 12.1 Å². The van der Waals surface area contributed by atoms with Crippen molar-refractivity contribution in [1.29, 1.82) is 0 Å². The van der Waals surface area contributed by atoms with E-state index >= 15 is 0 Å². The van der Waals surface area contributed by atoms with E-state index in [-0.39, 0.29) is 11.1 Å². The molecule has 0 aliphatic heterocycles. The first-order valence-corrected chi connectivity index (χ1v) is 10.6. The fraction of sp³-hybridized carbons (Fsp3) is 0. The van der Waals surface area contributed by atoms with Crippen LogP contribution in [-0.2, 0) is 0 Å². The number of amides is 1. The highest BCUT2D eigenvalue weighted by atomic mass is 35.5. The molecule has 0 saturated carbocycles. The molecule has 2 heterocycles. The van der Waals surface area contributed by atoms with Crippen LogP contribution in [0.15, 0.2) is 97.3 Å². The highest BCUT2D eigenvalue weighted by Crippen LogP contribution is 2.18. The molecule has 1 amide bonds. The highest BCUT2D eigenvalue weighted by molar-refractivity contribution is 6.67. The summed E-state index contributed by atoms with van der Waals surface area (Å²) in [6.45, 7) is 0. The summed E-state index contributed by atoms with van der Waals surface area (Å²) in [7, 11) is 0. The molecule has 0 spiro atoms. The number of carbonyl (C=O) groups is 2. The van der Waals surface area contributed by atoms with E-state index < -0.39 is 5.24 Å². The van der Waals surface area contributed by atoms with Crippen molar-refractivity contribution >= 4 is 57.3 Å². The van der Waals surface area contributed by atoms with E-state index in [1.54, 1.807) is 85.2 Å². The summed E-state index contributed by atoms with van der Waals surface area (Å²) in [5, 5.41) is 2.94. The van der Waals surface area contributed by atoms with E-state index in [0.29, 0.717) is 27.7 Å². The predicted octanol–water partition coefficient (Wildman–Crippen LogP) is 6.37. The van der Waals surface area contributed by atoms with E-state index in [4.69, 9.17) is 40.5 Å². The molecule has 0 bridgehead atoms. The third kappa shape index (κ3) is 9.29. The Kier molecular flexibility index (Phi) is 10.8. The van der Waals surface area contributed by atoms with Crippen LogP contribution in [0, 0.1) is 0 Å². The lowest BCUT2D eigenvalue weighted by Gasteiger charge is -2.05. The van der Waals surface area contributed by atoms with Crippen LogP contribution < -0.4 is 11.1 Å². The molecule has 6 nitrogen and oxygen atoms in total. The molecule has 0 unspecified atom stereocenters. The molecule has 0 radical (unpaired) electrons. The van der Waals surface area contributed by atoms with Crippen molar-refractivity contribution in [2.24, 2.45) is 0 Å². The normalized spacial score (nSPS) is 9.42. The van der Waals surface area contributed by atoms with Crippen molar-refractivity contribution in [3.05, 3.63) is 119 Å². The van der Waals surface area contributed by atoms with Gasteiger partial charge in [-0.3, -0.25) is 9.59 Å². The van der Waals surface area contributed by atoms with Crippen LogP contribution in [0.4, 0.5) is 11.4 Å². The molecule has 2 aromatic heterocycles. The van der Waals surface area contributed by atoms with Crippen LogP contribution in [0.1, 0.15) is 20.7 Å². The van der Waals surface area contributed by atoms with E-state index in [2.05, 4.69) is 15.3 Å². The van der Waals surface area contributed by atoms with Crippen LogP contribution in [0.25, 0.3) is 0 Å². The number of hydrogen-bond donors (Lipinski definition) is 2. The molecule has 0 saturated heterocycles. The maximum atomic E-state index is 11.8. The fourth-order valence-electron chi connectivity index (χ4n) is 2.23. The fourth-order valence-corrected chi connectivity index (χ4v) is 2.64. The smallest absolute Gasteiger partial charge is 0.255 e. The van der Waals surface area contributed by atoms with Gasteiger partial charge in [-0.15, -0.1) is 0 Å². The lowest BCUT2D eigenvalue weighted by Crippen LogP contribution is -2.12. The lowest BCUT2D eigenvalue weighted by molar-refractivity contribution is 0.102. The van der Waals surface area contributed by atoms with E-state index in [9.17, 15) is 9.59 Å². The largest absolute Gasteiger partial charge is 0.396 e. The Morgan fingerprint density at radius 2 is 1.21 bits per heavy atom. The molecule has 4 aromatic rings. The minimum absolute atomic E-state index is 0.199. The number of rotatable bonds is 3. The number of pyridine rings is 2. The second kappa shape index (κ2) is 13.9. The van der Waals surface area contributed by atoms with Crippen LogP contribution in [0.2, 0.25) is 10.3 Å². The van der Waals surface area contributed by atoms with Gasteiger partial charge in [0.25, 0.3) is 11.1 Å². The molecule has 9 heteroatoms. The van der Waals surface area contributed by atoms with Crippen molar-refractivity contribution in [2.75, 3.05) is 11.1 Å². The van der Waals surface area contributed by atoms with E-state index in [1.165, 1.54) is 0 Å². The molecule has 0 aliphatic rings. The molecule has 33 heavy (non-hydrogen) atoms.